The Kier molecular flexibility index (Phi) is 6.64. The summed E-state index contributed by atoms with van der Waals surface area (Å²) in [5, 5.41) is 17.0. The molecule has 6 rings (SSSR count). The predicted molar refractivity (Wildman–Crippen MR) is 148 cm³/mol. The van der Waals surface area contributed by atoms with Gasteiger partial charge in [0.15, 0.2) is 5.65 Å². The van der Waals surface area contributed by atoms with E-state index in [4.69, 9.17) is 9.72 Å². The number of carboxylic acid groups (broad SMARTS) is 1. The van der Waals surface area contributed by atoms with Crippen molar-refractivity contribution >= 4 is 23.3 Å². The molecular weight excluding hydrogens is 510 g/mol. The molecule has 1 unspecified atom stereocenters. The van der Waals surface area contributed by atoms with Crippen LogP contribution >= 0.6 is 0 Å². The normalized spacial score (nSPS) is 16.6. The molecule has 11 nitrogen and oxygen atoms in total. The number of carbonyl (C=O) groups is 2. The summed E-state index contributed by atoms with van der Waals surface area (Å²) in [5.74, 6) is 0.0733. The number of benzene rings is 1. The number of amides is 1. The second kappa shape index (κ2) is 10.4. The van der Waals surface area contributed by atoms with Crippen LogP contribution in [0.5, 0.6) is 0 Å². The van der Waals surface area contributed by atoms with Crippen molar-refractivity contribution in [1.29, 1.82) is 0 Å². The van der Waals surface area contributed by atoms with Gasteiger partial charge >= 0.3 is 5.97 Å². The number of nitrogens with one attached hydrogen (secondary N) is 1. The summed E-state index contributed by atoms with van der Waals surface area (Å²) in [7, 11) is 3.62. The number of aliphatic carboxylic acids is 1. The van der Waals surface area contributed by atoms with E-state index in [9.17, 15) is 14.7 Å². The lowest BCUT2D eigenvalue weighted by atomic mass is 9.89. The van der Waals surface area contributed by atoms with Crippen LogP contribution in [0.2, 0.25) is 0 Å². The highest BCUT2D eigenvalue weighted by molar-refractivity contribution is 6.00. The fourth-order valence-corrected chi connectivity index (χ4v) is 5.19. The molecule has 2 aliphatic heterocycles. The van der Waals surface area contributed by atoms with E-state index < -0.39 is 5.97 Å². The minimum absolute atomic E-state index is 0.00105. The van der Waals surface area contributed by atoms with Gasteiger partial charge in [-0.1, -0.05) is 30.3 Å². The molecule has 1 saturated carbocycles. The number of ether oxygens (including phenoxy) is 1. The highest BCUT2D eigenvalue weighted by Crippen LogP contribution is 2.35. The van der Waals surface area contributed by atoms with Gasteiger partial charge in [-0.05, 0) is 30.5 Å². The molecule has 0 saturated heterocycles. The molecule has 1 aliphatic carbocycles. The van der Waals surface area contributed by atoms with E-state index >= 15 is 0 Å². The maximum absolute atomic E-state index is 13.4. The number of anilines is 1. The van der Waals surface area contributed by atoms with Crippen LogP contribution in [-0.4, -0.2) is 67.4 Å². The largest absolute Gasteiger partial charge is 0.480 e. The molecule has 3 aliphatic rings. The van der Waals surface area contributed by atoms with Crippen molar-refractivity contribution in [3.05, 3.63) is 78.2 Å². The Morgan fingerprint density at radius 1 is 1.12 bits per heavy atom. The van der Waals surface area contributed by atoms with Crippen LogP contribution in [0.1, 0.15) is 28.8 Å². The van der Waals surface area contributed by atoms with Crippen LogP contribution < -0.4 is 10.2 Å². The monoisotopic (exact) mass is 539 g/mol. The molecule has 3 aromatic rings. The van der Waals surface area contributed by atoms with Gasteiger partial charge in [0.2, 0.25) is 0 Å². The number of nitrogens with zero attached hydrogens (tertiary/aromatic N) is 6. The topological polar surface area (TPSA) is 127 Å². The van der Waals surface area contributed by atoms with Crippen LogP contribution in [0.4, 0.5) is 5.82 Å². The quantitative estimate of drug-likeness (QED) is 0.292. The average molecular weight is 540 g/mol. The lowest BCUT2D eigenvalue weighted by Crippen LogP contribution is -2.51. The number of methoxy groups -OCH3 is 1. The zero-order chi connectivity index (χ0) is 27.8. The SMILES string of the molecule is CO[C@H]1CCC1NC(=O)c1cnn2c(N(C)Cc3ccccc3)cc(-c3cnc4n(CC(=O)O)cccc3-4)nc12. The van der Waals surface area contributed by atoms with Crippen molar-refractivity contribution < 1.29 is 19.4 Å². The maximum atomic E-state index is 13.4. The van der Waals surface area contributed by atoms with Crippen LogP contribution in [0, 0.1) is 0 Å². The standard InChI is InChI=1S/C29H29N7O4/c1-34(16-18-7-4-3-5-8-18)25-13-23(20-14-30-27-19(20)9-6-12-35(27)17-26(37)38)32-28-21(15-31-36(25)28)29(39)33-22-10-11-24(22)40-2/h3-9,12-15,22,24H,10-11,16-17H2,1-2H3,(H,33,39)(H,37,38)/t22?,24-/m0/s1. The molecule has 0 spiro atoms. The van der Waals surface area contributed by atoms with Crippen molar-refractivity contribution in [2.45, 2.75) is 38.1 Å². The number of carboxylic acids is 1. The molecular formula is C29H29N7O4. The number of pyridine rings is 1. The van der Waals surface area contributed by atoms with E-state index in [1.54, 1.807) is 40.8 Å². The minimum Gasteiger partial charge on any atom is -0.480 e. The lowest BCUT2D eigenvalue weighted by molar-refractivity contribution is -0.137. The Labute approximate surface area is 230 Å². The van der Waals surface area contributed by atoms with Gasteiger partial charge in [0.1, 0.15) is 23.8 Å². The maximum Gasteiger partial charge on any atom is 0.323 e. The summed E-state index contributed by atoms with van der Waals surface area (Å²) >= 11 is 0. The number of aromatic nitrogens is 5. The van der Waals surface area contributed by atoms with E-state index in [1.165, 1.54) is 0 Å². The summed E-state index contributed by atoms with van der Waals surface area (Å²) in [6.07, 6.45) is 6.69. The van der Waals surface area contributed by atoms with E-state index in [0.29, 0.717) is 29.3 Å². The Balaban J connectivity index is 1.44. The average Bonchev–Trinajstić information content (AvgIpc) is 3.56. The molecule has 2 atom stereocenters. The third-order valence-corrected chi connectivity index (χ3v) is 7.41. The summed E-state index contributed by atoms with van der Waals surface area (Å²) in [5.41, 5.74) is 4.00. The molecule has 1 aromatic carbocycles. The van der Waals surface area contributed by atoms with Gasteiger partial charge in [0, 0.05) is 50.3 Å². The molecule has 1 fully saturated rings. The van der Waals surface area contributed by atoms with Crippen molar-refractivity contribution in [3.8, 4) is 22.6 Å². The van der Waals surface area contributed by atoms with Crippen LogP contribution in [0.15, 0.2) is 67.1 Å². The second-order valence-corrected chi connectivity index (χ2v) is 10.0. The molecule has 2 aromatic heterocycles. The molecule has 40 heavy (non-hydrogen) atoms. The first-order valence-corrected chi connectivity index (χ1v) is 13.1. The van der Waals surface area contributed by atoms with Gasteiger partial charge in [0.25, 0.3) is 5.91 Å². The van der Waals surface area contributed by atoms with Gasteiger partial charge < -0.3 is 24.6 Å². The van der Waals surface area contributed by atoms with Gasteiger partial charge in [-0.25, -0.2) is 9.97 Å². The third-order valence-electron chi connectivity index (χ3n) is 7.41. The fourth-order valence-electron chi connectivity index (χ4n) is 5.19. The Bertz CT molecular complexity index is 1660. The van der Waals surface area contributed by atoms with E-state index in [2.05, 4.69) is 32.4 Å². The van der Waals surface area contributed by atoms with E-state index in [-0.39, 0.29) is 24.6 Å². The molecule has 2 N–H and O–H groups in total. The first kappa shape index (κ1) is 25.5. The van der Waals surface area contributed by atoms with Crippen molar-refractivity contribution in [2.24, 2.45) is 0 Å². The smallest absolute Gasteiger partial charge is 0.323 e. The highest BCUT2D eigenvalue weighted by Gasteiger charge is 2.33. The van der Waals surface area contributed by atoms with E-state index in [1.807, 2.05) is 37.4 Å². The van der Waals surface area contributed by atoms with Gasteiger partial charge in [-0.2, -0.15) is 9.61 Å². The molecule has 1 amide bonds. The molecule has 204 valence electrons. The van der Waals surface area contributed by atoms with Crippen LogP contribution in [0.25, 0.3) is 28.3 Å². The summed E-state index contributed by atoms with van der Waals surface area (Å²) in [6, 6.07) is 15.6. The third kappa shape index (κ3) is 4.64. The lowest BCUT2D eigenvalue weighted by Gasteiger charge is -2.35. The Hall–Kier alpha value is -4.77. The van der Waals surface area contributed by atoms with Gasteiger partial charge in [0.05, 0.1) is 24.0 Å². The molecule has 0 radical (unpaired) electrons. The highest BCUT2D eigenvalue weighted by atomic mass is 16.5. The first-order chi connectivity index (χ1) is 19.4. The number of hydrogen-bond acceptors (Lipinski definition) is 7. The van der Waals surface area contributed by atoms with Gasteiger partial charge in [-0.15, -0.1) is 0 Å². The van der Waals surface area contributed by atoms with Crippen molar-refractivity contribution in [1.82, 2.24) is 29.5 Å². The summed E-state index contributed by atoms with van der Waals surface area (Å²) in [4.78, 5) is 36.2. The zero-order valence-electron chi connectivity index (χ0n) is 22.2. The number of fused-ring (bicyclic) bond motifs is 2. The van der Waals surface area contributed by atoms with Crippen molar-refractivity contribution in [3.63, 3.8) is 0 Å². The summed E-state index contributed by atoms with van der Waals surface area (Å²) in [6.45, 7) is 0.402. The molecule has 4 heterocycles. The van der Waals surface area contributed by atoms with Crippen molar-refractivity contribution in [2.75, 3.05) is 19.1 Å². The van der Waals surface area contributed by atoms with Gasteiger partial charge in [-0.3, -0.25) is 9.59 Å². The van der Waals surface area contributed by atoms with Crippen LogP contribution in [0.3, 0.4) is 0 Å². The number of carbonyl (C=O) groups excluding carboxylic acids is 1. The fraction of sp³-hybridized carbons (Fsp3) is 0.276. The number of rotatable bonds is 9. The van der Waals surface area contributed by atoms with Crippen LogP contribution in [-0.2, 0) is 22.6 Å². The molecule has 11 heteroatoms. The Morgan fingerprint density at radius 3 is 2.67 bits per heavy atom. The Morgan fingerprint density at radius 2 is 1.95 bits per heavy atom. The molecule has 0 bridgehead atoms. The second-order valence-electron chi connectivity index (χ2n) is 10.0. The predicted octanol–water partition coefficient (Wildman–Crippen LogP) is 3.33. The zero-order valence-corrected chi connectivity index (χ0v) is 22.2. The minimum atomic E-state index is -0.955. The first-order valence-electron chi connectivity index (χ1n) is 13.1. The van der Waals surface area contributed by atoms with E-state index in [0.717, 1.165) is 35.3 Å². The summed E-state index contributed by atoms with van der Waals surface area (Å²) < 4.78 is 8.72. The number of hydrogen-bond donors (Lipinski definition) is 2.